The van der Waals surface area contributed by atoms with Gasteiger partial charge in [0, 0.05) is 0 Å². The number of nitrogens with zero attached hydrogens (tertiary/aromatic N) is 3. The summed E-state index contributed by atoms with van der Waals surface area (Å²) < 4.78 is 5.24. The molecule has 0 spiro atoms. The number of amides is 2. The Kier molecular flexibility index (Phi) is 6.56. The number of hydrogen-bond acceptors (Lipinski definition) is 8. The van der Waals surface area contributed by atoms with Gasteiger partial charge < -0.3 is 10.5 Å². The molecule has 0 aliphatic carbocycles. The van der Waals surface area contributed by atoms with Gasteiger partial charge in [0.05, 0.1) is 11.9 Å². The number of para-hydroxylation sites is 1. The zero-order valence-corrected chi connectivity index (χ0v) is 13.7. The van der Waals surface area contributed by atoms with Gasteiger partial charge in [-0.15, -0.1) is 0 Å². The van der Waals surface area contributed by atoms with Gasteiger partial charge in [-0.1, -0.05) is 30.0 Å². The minimum atomic E-state index is -0.499. The third-order valence-corrected chi connectivity index (χ3v) is 3.56. The molecule has 0 saturated carbocycles. The maximum atomic E-state index is 11.7. The van der Waals surface area contributed by atoms with Crippen LogP contribution in [0.1, 0.15) is 5.56 Å². The Bertz CT molecular complexity index is 794. The van der Waals surface area contributed by atoms with Crippen molar-refractivity contribution in [2.75, 3.05) is 18.1 Å². The van der Waals surface area contributed by atoms with Crippen LogP contribution in [0.2, 0.25) is 0 Å². The molecular formula is C15H14N6O3S. The van der Waals surface area contributed by atoms with Crippen molar-refractivity contribution < 1.29 is 14.3 Å². The van der Waals surface area contributed by atoms with Crippen LogP contribution in [0.3, 0.4) is 0 Å². The Morgan fingerprint density at radius 3 is 2.64 bits per heavy atom. The van der Waals surface area contributed by atoms with Gasteiger partial charge in [0.25, 0.3) is 5.91 Å². The SMILES string of the molecule is N#Cc1cnc(SCC(=O)NNC(=O)COc2ccccc2)nc1N. The molecule has 10 heteroatoms. The lowest BCUT2D eigenvalue weighted by Gasteiger charge is -2.08. The quantitative estimate of drug-likeness (QED) is 0.379. The number of aromatic nitrogens is 2. The number of hydrazine groups is 1. The Morgan fingerprint density at radius 1 is 1.24 bits per heavy atom. The molecule has 0 radical (unpaired) electrons. The summed E-state index contributed by atoms with van der Waals surface area (Å²) in [6.07, 6.45) is 1.28. The molecule has 0 aliphatic heterocycles. The topological polar surface area (TPSA) is 143 Å². The fourth-order valence-corrected chi connectivity index (χ4v) is 2.16. The van der Waals surface area contributed by atoms with E-state index in [0.29, 0.717) is 5.75 Å². The second-order valence-corrected chi connectivity index (χ2v) is 5.49. The van der Waals surface area contributed by atoms with E-state index in [-0.39, 0.29) is 28.9 Å². The Hall–Kier alpha value is -3.32. The van der Waals surface area contributed by atoms with Gasteiger partial charge in [-0.25, -0.2) is 9.97 Å². The van der Waals surface area contributed by atoms with Crippen molar-refractivity contribution in [2.24, 2.45) is 0 Å². The van der Waals surface area contributed by atoms with Crippen LogP contribution < -0.4 is 21.3 Å². The maximum Gasteiger partial charge on any atom is 0.276 e. The smallest absolute Gasteiger partial charge is 0.276 e. The van der Waals surface area contributed by atoms with Gasteiger partial charge >= 0.3 is 0 Å². The highest BCUT2D eigenvalue weighted by Gasteiger charge is 2.09. The predicted octanol–water partition coefficient (Wildman–Crippen LogP) is 0.249. The lowest BCUT2D eigenvalue weighted by molar-refractivity contribution is -0.128. The highest BCUT2D eigenvalue weighted by Crippen LogP contribution is 2.15. The monoisotopic (exact) mass is 358 g/mol. The number of nitrogens with one attached hydrogen (secondary N) is 2. The molecule has 0 unspecified atom stereocenters. The van der Waals surface area contributed by atoms with Crippen LogP contribution in [0.5, 0.6) is 5.75 Å². The average molecular weight is 358 g/mol. The molecule has 2 aromatic rings. The van der Waals surface area contributed by atoms with Gasteiger partial charge in [0.2, 0.25) is 5.91 Å². The number of hydrogen-bond donors (Lipinski definition) is 3. The molecule has 1 aromatic carbocycles. The summed E-state index contributed by atoms with van der Waals surface area (Å²) in [6.45, 7) is -0.229. The molecule has 4 N–H and O–H groups in total. The number of carbonyl (C=O) groups excluding carboxylic acids is 2. The second kappa shape index (κ2) is 9.09. The van der Waals surface area contributed by atoms with Crippen molar-refractivity contribution in [2.45, 2.75) is 5.16 Å². The standard InChI is InChI=1S/C15H14N6O3S/c16-6-10-7-18-15(19-14(10)17)25-9-13(23)21-20-12(22)8-24-11-4-2-1-3-5-11/h1-5,7H,8-9H2,(H,20,22)(H,21,23)(H2,17,18,19). The van der Waals surface area contributed by atoms with E-state index in [1.807, 2.05) is 12.1 Å². The van der Waals surface area contributed by atoms with Crippen LogP contribution in [0.4, 0.5) is 5.82 Å². The summed E-state index contributed by atoms with van der Waals surface area (Å²) >= 11 is 1.02. The molecule has 2 rings (SSSR count). The number of nitriles is 1. The number of anilines is 1. The fourth-order valence-electron chi connectivity index (χ4n) is 1.54. The first-order valence-corrected chi connectivity index (χ1v) is 7.98. The molecule has 0 atom stereocenters. The largest absolute Gasteiger partial charge is 0.484 e. The molecular weight excluding hydrogens is 344 g/mol. The van der Waals surface area contributed by atoms with Crippen LogP contribution in [0, 0.1) is 11.3 Å². The molecule has 0 saturated heterocycles. The Labute approximate surface area is 147 Å². The molecule has 9 nitrogen and oxygen atoms in total. The van der Waals surface area contributed by atoms with E-state index in [2.05, 4.69) is 20.8 Å². The average Bonchev–Trinajstić information content (AvgIpc) is 2.64. The fraction of sp³-hybridized carbons (Fsp3) is 0.133. The van der Waals surface area contributed by atoms with E-state index in [1.54, 1.807) is 24.3 Å². The summed E-state index contributed by atoms with van der Waals surface area (Å²) in [4.78, 5) is 31.1. The van der Waals surface area contributed by atoms with E-state index in [1.165, 1.54) is 6.20 Å². The van der Waals surface area contributed by atoms with Crippen molar-refractivity contribution >= 4 is 29.4 Å². The van der Waals surface area contributed by atoms with Crippen molar-refractivity contribution in [1.82, 2.24) is 20.8 Å². The van der Waals surface area contributed by atoms with E-state index in [0.717, 1.165) is 11.8 Å². The van der Waals surface area contributed by atoms with Crippen LogP contribution in [0.15, 0.2) is 41.7 Å². The van der Waals surface area contributed by atoms with Crippen molar-refractivity contribution in [3.8, 4) is 11.8 Å². The molecule has 1 heterocycles. The maximum absolute atomic E-state index is 11.7. The van der Waals surface area contributed by atoms with Gasteiger partial charge in [-0.2, -0.15) is 5.26 Å². The number of benzene rings is 1. The summed E-state index contributed by atoms with van der Waals surface area (Å²) in [7, 11) is 0. The van der Waals surface area contributed by atoms with Gasteiger partial charge in [-0.05, 0) is 12.1 Å². The van der Waals surface area contributed by atoms with E-state index in [4.69, 9.17) is 15.7 Å². The number of ether oxygens (including phenoxy) is 1. The predicted molar refractivity (Wildman–Crippen MR) is 90.1 cm³/mol. The van der Waals surface area contributed by atoms with Crippen LogP contribution in [-0.4, -0.2) is 34.1 Å². The van der Waals surface area contributed by atoms with E-state index < -0.39 is 11.8 Å². The summed E-state index contributed by atoms with van der Waals surface area (Å²) in [6, 6.07) is 10.7. The zero-order valence-electron chi connectivity index (χ0n) is 12.9. The highest BCUT2D eigenvalue weighted by atomic mass is 32.2. The van der Waals surface area contributed by atoms with Crippen LogP contribution in [0.25, 0.3) is 0 Å². The van der Waals surface area contributed by atoms with Gasteiger partial charge in [0.1, 0.15) is 23.2 Å². The third kappa shape index (κ3) is 6.00. The highest BCUT2D eigenvalue weighted by molar-refractivity contribution is 7.99. The molecule has 128 valence electrons. The van der Waals surface area contributed by atoms with Crippen LogP contribution >= 0.6 is 11.8 Å². The molecule has 2 amide bonds. The van der Waals surface area contributed by atoms with Crippen molar-refractivity contribution in [3.63, 3.8) is 0 Å². The zero-order chi connectivity index (χ0) is 18.1. The van der Waals surface area contributed by atoms with E-state index >= 15 is 0 Å². The third-order valence-electron chi connectivity index (χ3n) is 2.70. The molecule has 0 aliphatic rings. The lowest BCUT2D eigenvalue weighted by Crippen LogP contribution is -2.44. The number of thioether (sulfide) groups is 1. The van der Waals surface area contributed by atoms with Gasteiger partial charge in [-0.3, -0.25) is 20.4 Å². The minimum absolute atomic E-state index is 0.0365. The van der Waals surface area contributed by atoms with Gasteiger partial charge in [0.15, 0.2) is 11.8 Å². The van der Waals surface area contributed by atoms with Crippen LogP contribution in [-0.2, 0) is 9.59 Å². The number of nitrogens with two attached hydrogens (primary N) is 1. The first-order chi connectivity index (χ1) is 12.1. The van der Waals surface area contributed by atoms with Crippen molar-refractivity contribution in [1.29, 1.82) is 5.26 Å². The first-order valence-electron chi connectivity index (χ1n) is 6.99. The summed E-state index contributed by atoms with van der Waals surface area (Å²) in [5, 5.41) is 8.99. The summed E-state index contributed by atoms with van der Waals surface area (Å²) in [5.74, 6) is -0.391. The molecule has 0 fully saturated rings. The number of nitrogen functional groups attached to an aromatic ring is 1. The van der Waals surface area contributed by atoms with E-state index in [9.17, 15) is 9.59 Å². The summed E-state index contributed by atoms with van der Waals surface area (Å²) in [5.41, 5.74) is 10.2. The second-order valence-electron chi connectivity index (χ2n) is 4.55. The van der Waals surface area contributed by atoms with Crippen molar-refractivity contribution in [3.05, 3.63) is 42.1 Å². The number of rotatable bonds is 6. The molecule has 0 bridgehead atoms. The normalized spacial score (nSPS) is 9.72. The molecule has 1 aromatic heterocycles. The number of carbonyl (C=O) groups is 2. The Morgan fingerprint density at radius 2 is 1.96 bits per heavy atom. The molecule has 25 heavy (non-hydrogen) atoms. The first kappa shape index (κ1) is 18.0. The Balaban J connectivity index is 1.69. The minimum Gasteiger partial charge on any atom is -0.484 e. The lowest BCUT2D eigenvalue weighted by atomic mass is 10.3.